The van der Waals surface area contributed by atoms with Crippen molar-refractivity contribution in [3.05, 3.63) is 45.9 Å². The number of nitrogen functional groups attached to an aromatic ring is 1. The monoisotopic (exact) mass is 349 g/mol. The second-order valence-electron chi connectivity index (χ2n) is 4.51. The summed E-state index contributed by atoms with van der Waals surface area (Å²) in [6.07, 6.45) is 0. The molecule has 0 aliphatic heterocycles. The zero-order valence-electron chi connectivity index (χ0n) is 10.9. The molecule has 1 aromatic heterocycles. The Morgan fingerprint density at radius 1 is 1.30 bits per heavy atom. The van der Waals surface area contributed by atoms with Crippen molar-refractivity contribution in [3.8, 4) is 11.4 Å². The molecule has 0 saturated carbocycles. The Morgan fingerprint density at radius 2 is 2.10 bits per heavy atom. The molecule has 0 bridgehead atoms. The van der Waals surface area contributed by atoms with Crippen LogP contribution < -0.4 is 5.73 Å². The van der Waals surface area contributed by atoms with Crippen LogP contribution in [0.25, 0.3) is 22.4 Å². The highest BCUT2D eigenvalue weighted by Crippen LogP contribution is 2.33. The van der Waals surface area contributed by atoms with Gasteiger partial charge in [0.05, 0.1) is 21.7 Å². The van der Waals surface area contributed by atoms with Crippen LogP contribution in [-0.4, -0.2) is 9.55 Å². The normalized spacial score (nSPS) is 11.2. The molecule has 0 aliphatic rings. The van der Waals surface area contributed by atoms with E-state index in [1.165, 1.54) is 0 Å². The van der Waals surface area contributed by atoms with Crippen molar-refractivity contribution in [1.29, 1.82) is 0 Å². The predicted molar refractivity (Wildman–Crippen MR) is 88.0 cm³/mol. The zero-order valence-corrected chi connectivity index (χ0v) is 13.2. The third kappa shape index (κ3) is 2.09. The molecular weight excluding hydrogens is 338 g/mol. The van der Waals surface area contributed by atoms with Crippen molar-refractivity contribution in [3.63, 3.8) is 0 Å². The van der Waals surface area contributed by atoms with Gasteiger partial charge in [-0.2, -0.15) is 0 Å². The number of rotatable bonds is 2. The number of nitrogens with two attached hydrogens (primary N) is 1. The van der Waals surface area contributed by atoms with E-state index in [0.717, 1.165) is 33.4 Å². The summed E-state index contributed by atoms with van der Waals surface area (Å²) >= 11 is 9.59. The molecular formula is C15H13BrClN3. The maximum absolute atomic E-state index is 6.11. The first-order chi connectivity index (χ1) is 9.61. The number of nitrogens with zero attached hydrogens (tertiary/aromatic N) is 2. The minimum absolute atomic E-state index is 0.554. The molecule has 20 heavy (non-hydrogen) atoms. The first-order valence-electron chi connectivity index (χ1n) is 6.32. The van der Waals surface area contributed by atoms with Gasteiger partial charge in [0.15, 0.2) is 0 Å². The van der Waals surface area contributed by atoms with Crippen LogP contribution in [0.1, 0.15) is 6.92 Å². The summed E-state index contributed by atoms with van der Waals surface area (Å²) in [6, 6.07) is 11.7. The van der Waals surface area contributed by atoms with Crippen molar-refractivity contribution in [2.75, 3.05) is 5.73 Å². The summed E-state index contributed by atoms with van der Waals surface area (Å²) in [5.74, 6) is 0.848. The fraction of sp³-hybridized carbons (Fsp3) is 0.133. The Balaban J connectivity index is 2.33. The molecule has 3 aromatic rings. The lowest BCUT2D eigenvalue weighted by molar-refractivity contribution is 0.796. The van der Waals surface area contributed by atoms with Crippen LogP contribution in [0.3, 0.4) is 0 Å². The first kappa shape index (κ1) is 13.5. The van der Waals surface area contributed by atoms with Gasteiger partial charge in [-0.3, -0.25) is 0 Å². The van der Waals surface area contributed by atoms with Crippen molar-refractivity contribution >= 4 is 44.3 Å². The number of fused-ring (bicyclic) bond motifs is 1. The highest BCUT2D eigenvalue weighted by Gasteiger charge is 2.15. The van der Waals surface area contributed by atoms with Gasteiger partial charge in [0, 0.05) is 16.6 Å². The van der Waals surface area contributed by atoms with Crippen LogP contribution in [-0.2, 0) is 6.54 Å². The van der Waals surface area contributed by atoms with E-state index in [1.54, 1.807) is 6.07 Å². The van der Waals surface area contributed by atoms with Crippen LogP contribution in [0.4, 0.5) is 5.69 Å². The van der Waals surface area contributed by atoms with Crippen LogP contribution in [0.5, 0.6) is 0 Å². The first-order valence-corrected chi connectivity index (χ1v) is 7.49. The van der Waals surface area contributed by atoms with E-state index < -0.39 is 0 Å². The number of aryl methyl sites for hydroxylation is 1. The summed E-state index contributed by atoms with van der Waals surface area (Å²) in [6.45, 7) is 2.91. The van der Waals surface area contributed by atoms with E-state index >= 15 is 0 Å². The fourth-order valence-electron chi connectivity index (χ4n) is 2.36. The molecule has 5 heteroatoms. The second kappa shape index (κ2) is 5.11. The lowest BCUT2D eigenvalue weighted by Crippen LogP contribution is -2.00. The van der Waals surface area contributed by atoms with E-state index in [9.17, 15) is 0 Å². The largest absolute Gasteiger partial charge is 0.397 e. The van der Waals surface area contributed by atoms with E-state index in [1.807, 2.05) is 24.3 Å². The van der Waals surface area contributed by atoms with Crippen LogP contribution >= 0.6 is 27.5 Å². The molecule has 2 aromatic carbocycles. The Kier molecular flexibility index (Phi) is 3.44. The van der Waals surface area contributed by atoms with Gasteiger partial charge in [-0.1, -0.05) is 33.6 Å². The molecule has 0 saturated heterocycles. The molecule has 0 aliphatic carbocycles. The molecule has 0 spiro atoms. The molecule has 0 unspecified atom stereocenters. The van der Waals surface area contributed by atoms with Crippen molar-refractivity contribution in [1.82, 2.24) is 9.55 Å². The summed E-state index contributed by atoms with van der Waals surface area (Å²) in [7, 11) is 0. The molecule has 2 N–H and O–H groups in total. The topological polar surface area (TPSA) is 43.8 Å². The van der Waals surface area contributed by atoms with Crippen molar-refractivity contribution in [2.45, 2.75) is 13.5 Å². The standard InChI is InChI=1S/C15H13BrClN3/c1-2-20-13-7-6-9(16)8-12(13)19-15(20)10-4-3-5-11(17)14(10)18/h3-8H,2,18H2,1H3. The van der Waals surface area contributed by atoms with Gasteiger partial charge in [-0.15, -0.1) is 0 Å². The van der Waals surface area contributed by atoms with Crippen LogP contribution in [0, 0.1) is 0 Å². The van der Waals surface area contributed by atoms with Gasteiger partial charge < -0.3 is 10.3 Å². The third-order valence-electron chi connectivity index (χ3n) is 3.32. The van der Waals surface area contributed by atoms with Gasteiger partial charge >= 0.3 is 0 Å². The molecule has 0 radical (unpaired) electrons. The molecule has 3 rings (SSSR count). The van der Waals surface area contributed by atoms with E-state index in [4.69, 9.17) is 22.3 Å². The Bertz CT molecular complexity index is 795. The predicted octanol–water partition coefficient (Wildman–Crippen LogP) is 4.72. The van der Waals surface area contributed by atoms with Crippen LogP contribution in [0.2, 0.25) is 5.02 Å². The van der Waals surface area contributed by atoms with Crippen molar-refractivity contribution in [2.24, 2.45) is 0 Å². The number of benzene rings is 2. The highest BCUT2D eigenvalue weighted by atomic mass is 79.9. The lowest BCUT2D eigenvalue weighted by atomic mass is 10.1. The minimum atomic E-state index is 0.554. The molecule has 102 valence electrons. The number of halogens is 2. The average molecular weight is 351 g/mol. The molecule has 0 atom stereocenters. The van der Waals surface area contributed by atoms with Gasteiger partial charge in [0.1, 0.15) is 5.82 Å². The quantitative estimate of drug-likeness (QED) is 0.680. The molecule has 0 amide bonds. The Labute approximate surface area is 130 Å². The van der Waals surface area contributed by atoms with Crippen LogP contribution in [0.15, 0.2) is 40.9 Å². The Morgan fingerprint density at radius 3 is 2.85 bits per heavy atom. The summed E-state index contributed by atoms with van der Waals surface area (Å²) in [4.78, 5) is 4.71. The highest BCUT2D eigenvalue weighted by molar-refractivity contribution is 9.10. The molecule has 0 fully saturated rings. The SMILES string of the molecule is CCn1c(-c2cccc(Cl)c2N)nc2cc(Br)ccc21. The molecule has 3 nitrogen and oxygen atoms in total. The summed E-state index contributed by atoms with van der Waals surface area (Å²) in [5.41, 5.74) is 9.56. The van der Waals surface area contributed by atoms with Gasteiger partial charge in [-0.25, -0.2) is 4.98 Å². The number of anilines is 1. The number of hydrogen-bond donors (Lipinski definition) is 1. The fourth-order valence-corrected chi connectivity index (χ4v) is 2.88. The van der Waals surface area contributed by atoms with E-state index in [-0.39, 0.29) is 0 Å². The molecule has 1 heterocycles. The summed E-state index contributed by atoms with van der Waals surface area (Å²) < 4.78 is 3.15. The van der Waals surface area contributed by atoms with Gasteiger partial charge in [-0.05, 0) is 37.3 Å². The zero-order chi connectivity index (χ0) is 14.3. The maximum atomic E-state index is 6.11. The lowest BCUT2D eigenvalue weighted by Gasteiger charge is -2.09. The third-order valence-corrected chi connectivity index (χ3v) is 4.14. The number of hydrogen-bond acceptors (Lipinski definition) is 2. The Hall–Kier alpha value is -1.52. The maximum Gasteiger partial charge on any atom is 0.143 e. The second-order valence-corrected chi connectivity index (χ2v) is 5.84. The number of para-hydroxylation sites is 1. The van der Waals surface area contributed by atoms with Crippen molar-refractivity contribution < 1.29 is 0 Å². The van der Waals surface area contributed by atoms with E-state index in [2.05, 4.69) is 33.5 Å². The minimum Gasteiger partial charge on any atom is -0.397 e. The van der Waals surface area contributed by atoms with Gasteiger partial charge in [0.25, 0.3) is 0 Å². The van der Waals surface area contributed by atoms with E-state index in [0.29, 0.717) is 10.7 Å². The smallest absolute Gasteiger partial charge is 0.143 e. The van der Waals surface area contributed by atoms with Gasteiger partial charge in [0.2, 0.25) is 0 Å². The number of aromatic nitrogens is 2. The average Bonchev–Trinajstić information content (AvgIpc) is 2.79. The summed E-state index contributed by atoms with van der Waals surface area (Å²) in [5, 5.41) is 0.554. The number of imidazole rings is 1.